The van der Waals surface area contributed by atoms with Crippen LogP contribution in [0.1, 0.15) is 26.7 Å². The zero-order chi connectivity index (χ0) is 9.05. The maximum Gasteiger partial charge on any atom is 1.00 e. The molecule has 74 valence electrons. The number of rotatable bonds is 0. The van der Waals surface area contributed by atoms with Gasteiger partial charge >= 0.3 is 18.9 Å². The van der Waals surface area contributed by atoms with Crippen molar-refractivity contribution in [1.29, 1.82) is 0 Å². The van der Waals surface area contributed by atoms with Crippen LogP contribution in [0.2, 0.25) is 0 Å². The van der Waals surface area contributed by atoms with Crippen LogP contribution in [0.4, 0.5) is 0 Å². The fraction of sp³-hybridized carbons (Fsp3) is 0.909. The molecule has 4 unspecified atom stereocenters. The molecule has 1 nitrogen and oxygen atoms in total. The van der Waals surface area contributed by atoms with Crippen LogP contribution in [0.5, 0.6) is 0 Å². The van der Waals surface area contributed by atoms with Crippen molar-refractivity contribution in [1.82, 2.24) is 0 Å². The molecule has 0 aromatic heterocycles. The molecule has 2 bridgehead atoms. The predicted molar refractivity (Wildman–Crippen MR) is 55.1 cm³/mol. The smallest absolute Gasteiger partial charge is 0.541 e. The van der Waals surface area contributed by atoms with E-state index in [0.29, 0.717) is 5.41 Å². The third-order valence-electron chi connectivity index (χ3n) is 4.64. The number of hydrogen-bond donors (Lipinski definition) is 0. The Kier molecular flexibility index (Phi) is 3.04. The summed E-state index contributed by atoms with van der Waals surface area (Å²) < 4.78 is 5.47. The molecular weight excluding hydrogens is 187 g/mol. The van der Waals surface area contributed by atoms with Gasteiger partial charge in [0.15, 0.2) is 0 Å². The first kappa shape index (κ1) is 11.4. The van der Waals surface area contributed by atoms with E-state index in [1.54, 1.807) is 0 Å². The third-order valence-corrected chi connectivity index (χ3v) is 5.78. The Balaban J connectivity index is 0.000000750. The summed E-state index contributed by atoms with van der Waals surface area (Å²) in [6.45, 7) is 5.88. The fourth-order valence-corrected chi connectivity index (χ4v) is 4.65. The fourth-order valence-electron chi connectivity index (χ4n) is 3.54. The molecule has 0 spiro atoms. The van der Waals surface area contributed by atoms with Gasteiger partial charge in [0.2, 0.25) is 0 Å². The summed E-state index contributed by atoms with van der Waals surface area (Å²) in [5.74, 6) is 4.74. The first-order chi connectivity index (χ1) is 6.19. The molecular formula is C11H17LiOS. The van der Waals surface area contributed by atoms with E-state index < -0.39 is 0 Å². The minimum Gasteiger partial charge on any atom is -0.541 e. The molecule has 1 heterocycles. The van der Waals surface area contributed by atoms with Crippen LogP contribution in [0, 0.1) is 29.1 Å². The number of ether oxygens (including phenoxy) is 1. The van der Waals surface area contributed by atoms with E-state index in [2.05, 4.69) is 13.8 Å². The van der Waals surface area contributed by atoms with E-state index in [1.807, 2.05) is 17.7 Å². The molecule has 1 saturated heterocycles. The van der Waals surface area contributed by atoms with Crippen molar-refractivity contribution in [2.75, 3.05) is 6.61 Å². The summed E-state index contributed by atoms with van der Waals surface area (Å²) in [7, 11) is 0. The van der Waals surface area contributed by atoms with Crippen molar-refractivity contribution in [3.8, 4) is 0 Å². The quantitative estimate of drug-likeness (QED) is 0.403. The first-order valence-electron chi connectivity index (χ1n) is 5.28. The van der Waals surface area contributed by atoms with Crippen molar-refractivity contribution < 1.29 is 23.6 Å². The molecule has 0 amide bonds. The van der Waals surface area contributed by atoms with Crippen LogP contribution in [0.25, 0.3) is 0 Å². The second-order valence-corrected chi connectivity index (χ2v) is 6.43. The van der Waals surface area contributed by atoms with Gasteiger partial charge < -0.3 is 16.5 Å². The van der Waals surface area contributed by atoms with Gasteiger partial charge in [-0.05, 0) is 41.3 Å². The molecule has 0 radical (unpaired) electrons. The van der Waals surface area contributed by atoms with Gasteiger partial charge in [-0.15, -0.1) is 0 Å². The van der Waals surface area contributed by atoms with E-state index in [9.17, 15) is 0 Å². The molecule has 0 N–H and O–H groups in total. The molecule has 4 rings (SSSR count). The molecule has 3 heteroatoms. The average molecular weight is 204 g/mol. The summed E-state index contributed by atoms with van der Waals surface area (Å²) in [6.07, 6.45) is 2.90. The molecule has 1 aliphatic heterocycles. The van der Waals surface area contributed by atoms with E-state index >= 15 is 0 Å². The van der Waals surface area contributed by atoms with Gasteiger partial charge in [-0.3, -0.25) is 0 Å². The largest absolute Gasteiger partial charge is 1.00 e. The van der Waals surface area contributed by atoms with Crippen molar-refractivity contribution in [2.45, 2.75) is 31.9 Å². The first-order valence-corrected chi connectivity index (χ1v) is 6.22. The minimum absolute atomic E-state index is 0. The Labute approximate surface area is 103 Å². The molecule has 4 atom stereocenters. The molecule has 4 fully saturated rings. The van der Waals surface area contributed by atoms with Gasteiger partial charge in [-0.1, -0.05) is 13.8 Å². The van der Waals surface area contributed by atoms with E-state index in [4.69, 9.17) is 4.74 Å². The second kappa shape index (κ2) is 3.73. The summed E-state index contributed by atoms with van der Waals surface area (Å²) in [6, 6.07) is 0. The maximum absolute atomic E-state index is 5.47. The molecule has 0 aromatic carbocycles. The summed E-state index contributed by atoms with van der Waals surface area (Å²) >= 11 is 1.93. The van der Waals surface area contributed by atoms with Crippen LogP contribution in [-0.4, -0.2) is 11.9 Å². The van der Waals surface area contributed by atoms with Crippen molar-refractivity contribution in [2.24, 2.45) is 23.2 Å². The van der Waals surface area contributed by atoms with Crippen LogP contribution in [0.3, 0.4) is 0 Å². The van der Waals surface area contributed by atoms with Crippen LogP contribution in [0.15, 0.2) is 0 Å². The molecule has 3 aliphatic carbocycles. The van der Waals surface area contributed by atoms with Crippen LogP contribution < -0.4 is 18.9 Å². The van der Waals surface area contributed by atoms with Crippen LogP contribution in [-0.2, 0) is 4.74 Å². The third kappa shape index (κ3) is 1.42. The van der Waals surface area contributed by atoms with Crippen molar-refractivity contribution in [3.05, 3.63) is 5.94 Å². The van der Waals surface area contributed by atoms with E-state index in [-0.39, 0.29) is 18.9 Å². The summed E-state index contributed by atoms with van der Waals surface area (Å²) in [5.41, 5.74) is 0.614. The molecule has 4 aliphatic rings. The molecule has 0 aromatic rings. The van der Waals surface area contributed by atoms with Crippen LogP contribution >= 0.6 is 11.8 Å². The number of hydrogen-bond acceptors (Lipinski definition) is 2. The van der Waals surface area contributed by atoms with Gasteiger partial charge in [0.25, 0.3) is 0 Å². The Morgan fingerprint density at radius 2 is 2.14 bits per heavy atom. The van der Waals surface area contributed by atoms with Gasteiger partial charge in [0, 0.05) is 6.61 Å². The van der Waals surface area contributed by atoms with E-state index in [0.717, 1.165) is 29.6 Å². The SMILES string of the molecule is CC1(C)C2CC3S[CH-]OCC3C1C2.[Li+]. The van der Waals surface area contributed by atoms with Crippen molar-refractivity contribution >= 4 is 11.8 Å². The Hall–Kier alpha value is 0.907. The summed E-state index contributed by atoms with van der Waals surface area (Å²) in [4.78, 5) is 0. The Bertz CT molecular complexity index is 231. The van der Waals surface area contributed by atoms with Gasteiger partial charge in [-0.25, -0.2) is 0 Å². The minimum atomic E-state index is 0. The second-order valence-electron chi connectivity index (χ2n) is 5.36. The van der Waals surface area contributed by atoms with Gasteiger partial charge in [0.1, 0.15) is 0 Å². The van der Waals surface area contributed by atoms with Crippen molar-refractivity contribution in [3.63, 3.8) is 0 Å². The average Bonchev–Trinajstić information content (AvgIpc) is 2.16. The Morgan fingerprint density at radius 1 is 1.36 bits per heavy atom. The predicted octanol–water partition coefficient (Wildman–Crippen LogP) is -0.0761. The molecule has 14 heavy (non-hydrogen) atoms. The maximum atomic E-state index is 5.47. The van der Waals surface area contributed by atoms with Gasteiger partial charge in [-0.2, -0.15) is 5.94 Å². The topological polar surface area (TPSA) is 9.23 Å². The summed E-state index contributed by atoms with van der Waals surface area (Å²) in [5, 5.41) is 0.880. The standard InChI is InChI=1S/C11H17OS.Li/c1-11(2)7-3-9(11)8-5-12-6-13-10(8)4-7;/h6-10H,3-5H2,1-2H3;/q-1;+1. The van der Waals surface area contributed by atoms with Gasteiger partial charge in [0.05, 0.1) is 0 Å². The Morgan fingerprint density at radius 3 is 2.86 bits per heavy atom. The monoisotopic (exact) mass is 204 g/mol. The zero-order valence-corrected chi connectivity index (χ0v) is 10.1. The zero-order valence-electron chi connectivity index (χ0n) is 9.32. The normalized spacial score (nSPS) is 48.4. The van der Waals surface area contributed by atoms with E-state index in [1.165, 1.54) is 12.8 Å². The number of thioether (sulfide) groups is 1. The molecule has 3 saturated carbocycles.